The molecule has 76 heavy (non-hydrogen) atoms. The molecule has 1 aliphatic heterocycles. The number of hydrogen-bond donors (Lipinski definition) is 2. The number of anilines is 1. The Morgan fingerprint density at radius 3 is 2.03 bits per heavy atom. The van der Waals surface area contributed by atoms with Crippen molar-refractivity contribution in [2.24, 2.45) is 28.6 Å². The maximum atomic E-state index is 13.3. The summed E-state index contributed by atoms with van der Waals surface area (Å²) in [6, 6.07) is 14.0. The number of pyridine rings is 3. The molecule has 20 nitrogen and oxygen atoms in total. The van der Waals surface area contributed by atoms with Gasteiger partial charge in [0.05, 0.1) is 50.2 Å². The maximum absolute atomic E-state index is 13.3. The monoisotopic (exact) mass is 1100 g/mol. The Morgan fingerprint density at radius 1 is 0.776 bits per heavy atom. The van der Waals surface area contributed by atoms with E-state index in [1.165, 1.54) is 54.6 Å². The summed E-state index contributed by atoms with van der Waals surface area (Å²) in [4.78, 5) is 53.9. The summed E-state index contributed by atoms with van der Waals surface area (Å²) >= 11 is 13.0. The summed E-state index contributed by atoms with van der Waals surface area (Å²) in [5, 5.41) is 11.4. The first-order valence-corrected chi connectivity index (χ1v) is 28.2. The fourth-order valence-corrected chi connectivity index (χ4v) is 12.6. The molecule has 5 aromatic heterocycles. The number of ether oxygens (including phenoxy) is 5. The van der Waals surface area contributed by atoms with Gasteiger partial charge in [0.25, 0.3) is 15.9 Å². The molecule has 2 N–H and O–H groups in total. The van der Waals surface area contributed by atoms with E-state index >= 15 is 0 Å². The summed E-state index contributed by atoms with van der Waals surface area (Å²) in [6.45, 7) is 11.6. The van der Waals surface area contributed by atoms with Crippen molar-refractivity contribution in [3.8, 4) is 23.4 Å². The van der Waals surface area contributed by atoms with Crippen LogP contribution >= 0.6 is 23.2 Å². The van der Waals surface area contributed by atoms with Gasteiger partial charge < -0.3 is 33.9 Å². The Hall–Kier alpha value is -6.03. The minimum atomic E-state index is -4.43. The largest absolute Gasteiger partial charge is 0.477 e. The molecule has 2 amide bonds. The van der Waals surface area contributed by atoms with E-state index in [1.54, 1.807) is 52.3 Å². The van der Waals surface area contributed by atoms with Gasteiger partial charge in [-0.2, -0.15) is 8.42 Å². The third-order valence-corrected chi connectivity index (χ3v) is 17.5. The van der Waals surface area contributed by atoms with Crippen LogP contribution in [0.3, 0.4) is 0 Å². The fourth-order valence-electron chi connectivity index (χ4n) is 11.2. The molecule has 0 aromatic carbocycles. The van der Waals surface area contributed by atoms with Crippen molar-refractivity contribution in [1.82, 2.24) is 44.1 Å². The zero-order valence-electron chi connectivity index (χ0n) is 43.3. The topological polar surface area (TPSA) is 233 Å². The van der Waals surface area contributed by atoms with Crippen molar-refractivity contribution >= 4 is 57.0 Å². The van der Waals surface area contributed by atoms with Gasteiger partial charge in [0.15, 0.2) is 16.7 Å². The Bertz CT molecular complexity index is 3100. The number of aromatic nitrogens is 7. The molecular weight excluding hydrogens is 1040 g/mol. The highest BCUT2D eigenvalue weighted by Crippen LogP contribution is 2.68. The van der Waals surface area contributed by atoms with Gasteiger partial charge in [-0.3, -0.25) is 4.79 Å². The van der Waals surface area contributed by atoms with Gasteiger partial charge in [0.1, 0.15) is 21.7 Å². The summed E-state index contributed by atoms with van der Waals surface area (Å²) in [5.41, 5.74) is -0.196. The molecule has 6 heterocycles. The molecule has 5 aromatic rings. The second-order valence-electron chi connectivity index (χ2n) is 22.4. The number of nitrogens with zero attached hydrogens (tertiary/aromatic N) is 8. The van der Waals surface area contributed by atoms with Crippen LogP contribution in [0.1, 0.15) is 120 Å². The summed E-state index contributed by atoms with van der Waals surface area (Å²) < 4.78 is 61.1. The Morgan fingerprint density at radius 2 is 1.42 bits per heavy atom. The number of sulfonamides is 1. The molecule has 2 spiro atoms. The van der Waals surface area contributed by atoms with Crippen LogP contribution in [0.2, 0.25) is 10.3 Å². The zero-order chi connectivity index (χ0) is 53.6. The van der Waals surface area contributed by atoms with E-state index in [4.69, 9.17) is 46.9 Å². The van der Waals surface area contributed by atoms with E-state index in [0.29, 0.717) is 61.6 Å². The molecule has 5 fully saturated rings. The molecule has 4 atom stereocenters. The van der Waals surface area contributed by atoms with Crippen molar-refractivity contribution in [1.29, 1.82) is 0 Å². The minimum absolute atomic E-state index is 0.0342. The lowest BCUT2D eigenvalue weighted by atomic mass is 9.61. The quantitative estimate of drug-likeness (QED) is 0.0397. The Labute approximate surface area is 451 Å². The van der Waals surface area contributed by atoms with Crippen LogP contribution in [0.25, 0.3) is 11.6 Å². The van der Waals surface area contributed by atoms with E-state index in [1.807, 2.05) is 39.3 Å². The Balaban J connectivity index is 0.655. The molecule has 4 aliphatic carbocycles. The lowest BCUT2D eigenvalue weighted by molar-refractivity contribution is -0.0243. The standard InChI is InChI=1S/C53H64Cl2N10O10S/c1-50(2,3)75-49(68)63-31-35(30-51(63,4)5)71-28-23-56-39-7-6-8-44(57-39)76(69,70)62-47(66)36-9-11-40(58-45(36)54)64-25-15-43(61-64)73-27-17-38-33(29-53(38)21-22-53)32-74-48(67)37-10-12-41(59-46(37)55)65-24-14-42(60-65)72-26-16-34-13-18-52(34)19-20-52/h6-12,14-15,24-25,33-35,38H,13,16-23,26-32H2,1-5H3,(H,56,57)(H,62,66). The SMILES string of the molecule is CC(C)(C)OC(=O)N1CC(OCCNc2cccc(S(=O)(=O)NC(=O)c3ccc(-n4ccc(OCCC5C(COC(=O)c6ccc(-n7ccc(OCCC8CCC89CC9)n7)nc6Cl)CC56CC6)n4)nc3Cl)n2)CC1(C)C. The van der Waals surface area contributed by atoms with Gasteiger partial charge in [-0.25, -0.2) is 38.6 Å². The first-order chi connectivity index (χ1) is 36.2. The molecule has 1 saturated heterocycles. The second-order valence-corrected chi connectivity index (χ2v) is 24.8. The van der Waals surface area contributed by atoms with Crippen LogP contribution in [-0.4, -0.2) is 123 Å². The molecule has 4 saturated carbocycles. The van der Waals surface area contributed by atoms with Crippen molar-refractivity contribution in [2.45, 2.75) is 121 Å². The summed E-state index contributed by atoms with van der Waals surface area (Å²) in [5.74, 6) is 1.57. The molecular formula is C53H64Cl2N10O10S. The minimum Gasteiger partial charge on any atom is -0.477 e. The van der Waals surface area contributed by atoms with Gasteiger partial charge in [-0.1, -0.05) is 29.3 Å². The van der Waals surface area contributed by atoms with E-state index in [0.717, 1.165) is 38.0 Å². The van der Waals surface area contributed by atoms with E-state index in [2.05, 4.69) is 30.5 Å². The predicted molar refractivity (Wildman–Crippen MR) is 280 cm³/mol. The van der Waals surface area contributed by atoms with Crippen molar-refractivity contribution in [3.63, 3.8) is 0 Å². The number of halogens is 2. The summed E-state index contributed by atoms with van der Waals surface area (Å²) in [6.07, 6.45) is 13.8. The number of amides is 2. The average Bonchev–Trinajstić information content (AvgIpc) is 4.28. The number of rotatable bonds is 21. The van der Waals surface area contributed by atoms with Gasteiger partial charge >= 0.3 is 12.1 Å². The lowest BCUT2D eigenvalue weighted by Gasteiger charge is -2.45. The first-order valence-electron chi connectivity index (χ1n) is 26.0. The van der Waals surface area contributed by atoms with Crippen LogP contribution < -0.4 is 19.5 Å². The van der Waals surface area contributed by atoms with E-state index < -0.39 is 44.2 Å². The number of likely N-dealkylation sites (tertiary alicyclic amines) is 1. The second kappa shape index (κ2) is 21.1. The predicted octanol–water partition coefficient (Wildman–Crippen LogP) is 8.89. The number of carbonyl (C=O) groups excluding carboxylic acids is 3. The van der Waals surface area contributed by atoms with Crippen molar-refractivity contribution < 1.29 is 46.5 Å². The molecule has 4 unspecified atom stereocenters. The van der Waals surface area contributed by atoms with Gasteiger partial charge in [-0.05, 0) is 164 Å². The van der Waals surface area contributed by atoms with E-state index in [9.17, 15) is 22.8 Å². The van der Waals surface area contributed by atoms with Crippen molar-refractivity contribution in [3.05, 3.63) is 88.4 Å². The maximum Gasteiger partial charge on any atom is 0.410 e. The molecule has 5 aliphatic rings. The van der Waals surface area contributed by atoms with Gasteiger partial charge in [-0.15, -0.1) is 10.2 Å². The normalized spacial score (nSPS) is 21.6. The average molecular weight is 1100 g/mol. The van der Waals surface area contributed by atoms with Gasteiger partial charge in [0.2, 0.25) is 11.8 Å². The Kier molecular flexibility index (Phi) is 14.8. The third-order valence-electron chi connectivity index (χ3n) is 15.7. The smallest absolute Gasteiger partial charge is 0.410 e. The van der Waals surface area contributed by atoms with Crippen LogP contribution in [0.4, 0.5) is 10.6 Å². The number of carbonyl (C=O) groups is 3. The fraction of sp³-hybridized carbons (Fsp3) is 0.547. The molecule has 406 valence electrons. The third kappa shape index (κ3) is 11.9. The highest BCUT2D eigenvalue weighted by Gasteiger charge is 2.60. The van der Waals surface area contributed by atoms with Crippen molar-refractivity contribution in [2.75, 3.05) is 44.8 Å². The van der Waals surface area contributed by atoms with Gasteiger partial charge in [0, 0.05) is 36.6 Å². The molecule has 23 heteroatoms. The first kappa shape index (κ1) is 53.4. The van der Waals surface area contributed by atoms with Crippen LogP contribution in [-0.2, 0) is 24.2 Å². The number of esters is 1. The lowest BCUT2D eigenvalue weighted by Crippen LogP contribution is -2.45. The highest BCUT2D eigenvalue weighted by molar-refractivity contribution is 7.90. The number of hydrogen-bond acceptors (Lipinski definition) is 16. The zero-order valence-corrected chi connectivity index (χ0v) is 45.6. The summed E-state index contributed by atoms with van der Waals surface area (Å²) in [7, 11) is -4.43. The molecule has 0 bridgehead atoms. The number of nitrogens with one attached hydrogen (secondary N) is 2. The molecule has 10 rings (SSSR count). The van der Waals surface area contributed by atoms with Crippen LogP contribution in [0.5, 0.6) is 11.8 Å². The van der Waals surface area contributed by atoms with Crippen LogP contribution in [0, 0.1) is 28.6 Å². The highest BCUT2D eigenvalue weighted by atomic mass is 35.5. The molecule has 0 radical (unpaired) electrons. The van der Waals surface area contributed by atoms with E-state index in [-0.39, 0.29) is 63.7 Å². The van der Waals surface area contributed by atoms with Crippen LogP contribution in [0.15, 0.2) is 72.0 Å².